The van der Waals surface area contributed by atoms with Gasteiger partial charge in [-0.3, -0.25) is 14.8 Å². The molecule has 0 atom stereocenters. The molecule has 0 unspecified atom stereocenters. The molecule has 1 aromatic heterocycles. The molecule has 10 nitrogen and oxygen atoms in total. The van der Waals surface area contributed by atoms with Crippen LogP contribution in [-0.2, 0) is 13.0 Å². The number of rotatable bonds is 12. The molecule has 0 saturated carbocycles. The molecule has 40 heavy (non-hydrogen) atoms. The quantitative estimate of drug-likeness (QED) is 0.321. The van der Waals surface area contributed by atoms with E-state index in [4.69, 9.17) is 33.7 Å². The normalized spacial score (nSPS) is 14.9. The Morgan fingerprint density at radius 3 is 2.12 bits per heavy atom. The Labute approximate surface area is 237 Å². The Morgan fingerprint density at radius 1 is 0.875 bits per heavy atom. The summed E-state index contributed by atoms with van der Waals surface area (Å²) in [6.07, 6.45) is 1.98. The Balaban J connectivity index is 1.43. The number of H-pyrrole nitrogens is 1. The van der Waals surface area contributed by atoms with E-state index < -0.39 is 0 Å². The molecule has 1 fully saturated rings. The fourth-order valence-electron chi connectivity index (χ4n) is 5.46. The lowest BCUT2D eigenvalue weighted by Gasteiger charge is -2.34. The van der Waals surface area contributed by atoms with Gasteiger partial charge in [-0.15, -0.1) is 0 Å². The smallest absolute Gasteiger partial charge is 0.205 e. The standard InChI is InChI=1S/C30H43N5O5/c1-9-10-21-15-19(2)27(37-5)29(39-7)25(21)31-20(3)17-34-11-13-35(14-12-34)18-24-32-22-16-23(36-4)28(38-6)30(40-8)26(22)33-24/h15-16H,9-14,17-18H2,1-8H3,(H,32,33). The highest BCUT2D eigenvalue weighted by Gasteiger charge is 2.23. The van der Waals surface area contributed by atoms with Gasteiger partial charge in [-0.2, -0.15) is 0 Å². The molecular formula is C30H43N5O5. The van der Waals surface area contributed by atoms with Crippen LogP contribution in [-0.4, -0.2) is 93.8 Å². The van der Waals surface area contributed by atoms with Crippen LogP contribution in [0.25, 0.3) is 11.0 Å². The summed E-state index contributed by atoms with van der Waals surface area (Å²) < 4.78 is 28.0. The molecule has 0 aliphatic carbocycles. The van der Waals surface area contributed by atoms with Crippen LogP contribution in [0.3, 0.4) is 0 Å². The molecule has 4 rings (SSSR count). The first-order valence-corrected chi connectivity index (χ1v) is 13.8. The number of ether oxygens (including phenoxy) is 5. The van der Waals surface area contributed by atoms with Crippen LogP contribution < -0.4 is 23.7 Å². The molecule has 0 radical (unpaired) electrons. The van der Waals surface area contributed by atoms with Crippen molar-refractivity contribution in [1.29, 1.82) is 0 Å². The van der Waals surface area contributed by atoms with Gasteiger partial charge >= 0.3 is 0 Å². The number of nitrogens with one attached hydrogen (secondary N) is 1. The first-order valence-electron chi connectivity index (χ1n) is 13.8. The van der Waals surface area contributed by atoms with Crippen molar-refractivity contribution in [2.75, 3.05) is 68.3 Å². The number of piperazine rings is 1. The lowest BCUT2D eigenvalue weighted by molar-refractivity contribution is 0.137. The van der Waals surface area contributed by atoms with E-state index in [9.17, 15) is 0 Å². The summed E-state index contributed by atoms with van der Waals surface area (Å²) in [5.41, 5.74) is 5.81. The molecule has 1 aliphatic rings. The molecular weight excluding hydrogens is 510 g/mol. The second-order valence-electron chi connectivity index (χ2n) is 10.1. The van der Waals surface area contributed by atoms with Crippen molar-refractivity contribution >= 4 is 22.4 Å². The minimum atomic E-state index is 0.546. The number of aromatic nitrogens is 2. The van der Waals surface area contributed by atoms with Crippen LogP contribution in [0.2, 0.25) is 0 Å². The van der Waals surface area contributed by atoms with Gasteiger partial charge in [0.15, 0.2) is 23.0 Å². The number of hydrogen-bond donors (Lipinski definition) is 1. The molecule has 10 heteroatoms. The Hall–Kier alpha value is -3.50. The first-order chi connectivity index (χ1) is 19.4. The third-order valence-electron chi connectivity index (χ3n) is 7.32. The number of nitrogens with zero attached hydrogens (tertiary/aromatic N) is 4. The summed E-state index contributed by atoms with van der Waals surface area (Å²) in [6, 6.07) is 4.08. The molecule has 0 spiro atoms. The summed E-state index contributed by atoms with van der Waals surface area (Å²) in [5.74, 6) is 4.08. The van der Waals surface area contributed by atoms with Crippen LogP contribution in [0.4, 0.5) is 5.69 Å². The van der Waals surface area contributed by atoms with Crippen molar-refractivity contribution < 1.29 is 23.7 Å². The number of imidazole rings is 1. The Bertz CT molecular complexity index is 1340. The van der Waals surface area contributed by atoms with Crippen molar-refractivity contribution in [1.82, 2.24) is 19.8 Å². The van der Waals surface area contributed by atoms with E-state index in [1.807, 2.05) is 6.07 Å². The maximum Gasteiger partial charge on any atom is 0.205 e. The van der Waals surface area contributed by atoms with Crippen LogP contribution in [0.1, 0.15) is 37.2 Å². The molecule has 2 heterocycles. The van der Waals surface area contributed by atoms with Crippen LogP contribution >= 0.6 is 0 Å². The topological polar surface area (TPSA) is 93.7 Å². The summed E-state index contributed by atoms with van der Waals surface area (Å²) >= 11 is 0. The highest BCUT2D eigenvalue weighted by molar-refractivity contribution is 5.89. The summed E-state index contributed by atoms with van der Waals surface area (Å²) in [7, 11) is 8.20. The number of benzene rings is 2. The molecule has 2 aromatic carbocycles. The van der Waals surface area contributed by atoms with E-state index >= 15 is 0 Å². The van der Waals surface area contributed by atoms with Gasteiger partial charge in [0.2, 0.25) is 5.75 Å². The molecule has 1 saturated heterocycles. The predicted octanol–water partition coefficient (Wildman–Crippen LogP) is 4.78. The van der Waals surface area contributed by atoms with Crippen LogP contribution in [0.5, 0.6) is 28.7 Å². The molecule has 0 bridgehead atoms. The second kappa shape index (κ2) is 13.2. The molecule has 0 amide bonds. The molecule has 1 N–H and O–H groups in total. The third kappa shape index (κ3) is 6.13. The van der Waals surface area contributed by atoms with Crippen molar-refractivity contribution in [3.63, 3.8) is 0 Å². The Kier molecular flexibility index (Phi) is 9.76. The van der Waals surface area contributed by atoms with Gasteiger partial charge in [-0.1, -0.05) is 13.3 Å². The average Bonchev–Trinajstić information content (AvgIpc) is 3.35. The van der Waals surface area contributed by atoms with Crippen LogP contribution in [0, 0.1) is 6.92 Å². The number of aliphatic imine (C=N–C) groups is 1. The number of methoxy groups -OCH3 is 5. The van der Waals surface area contributed by atoms with E-state index in [0.717, 1.165) is 91.7 Å². The van der Waals surface area contributed by atoms with E-state index in [0.29, 0.717) is 23.0 Å². The van der Waals surface area contributed by atoms with E-state index in [1.165, 1.54) is 5.56 Å². The fraction of sp³-hybridized carbons (Fsp3) is 0.533. The zero-order chi connectivity index (χ0) is 28.8. The average molecular weight is 554 g/mol. The maximum absolute atomic E-state index is 5.78. The third-order valence-corrected chi connectivity index (χ3v) is 7.32. The second-order valence-corrected chi connectivity index (χ2v) is 10.1. The van der Waals surface area contributed by atoms with Crippen molar-refractivity contribution in [3.05, 3.63) is 29.1 Å². The van der Waals surface area contributed by atoms with Gasteiger partial charge in [0.05, 0.1) is 47.6 Å². The number of aryl methyl sites for hydroxylation is 2. The van der Waals surface area contributed by atoms with E-state index in [1.54, 1.807) is 35.5 Å². The van der Waals surface area contributed by atoms with E-state index in [2.05, 4.69) is 41.6 Å². The highest BCUT2D eigenvalue weighted by atomic mass is 16.5. The lowest BCUT2D eigenvalue weighted by Crippen LogP contribution is -2.47. The predicted molar refractivity (Wildman–Crippen MR) is 159 cm³/mol. The SMILES string of the molecule is CCCc1cc(C)c(OC)c(OC)c1N=C(C)CN1CCN(Cc2nc3c(OC)c(OC)c(OC)cc3[nH]2)CC1. The fourth-order valence-corrected chi connectivity index (χ4v) is 5.46. The summed E-state index contributed by atoms with van der Waals surface area (Å²) in [6.45, 7) is 11.6. The largest absolute Gasteiger partial charge is 0.493 e. The number of fused-ring (bicyclic) bond motifs is 1. The van der Waals surface area contributed by atoms with Gasteiger partial charge in [0.25, 0.3) is 0 Å². The highest BCUT2D eigenvalue weighted by Crippen LogP contribution is 2.44. The van der Waals surface area contributed by atoms with Gasteiger partial charge in [-0.25, -0.2) is 4.98 Å². The molecule has 3 aromatic rings. The van der Waals surface area contributed by atoms with Crippen molar-refractivity contribution in [3.8, 4) is 28.7 Å². The number of hydrogen-bond acceptors (Lipinski definition) is 9. The summed E-state index contributed by atoms with van der Waals surface area (Å²) in [5, 5.41) is 0. The Morgan fingerprint density at radius 2 is 1.52 bits per heavy atom. The van der Waals surface area contributed by atoms with Gasteiger partial charge in [0, 0.05) is 44.5 Å². The zero-order valence-corrected chi connectivity index (χ0v) is 25.1. The van der Waals surface area contributed by atoms with Crippen molar-refractivity contribution in [2.24, 2.45) is 4.99 Å². The van der Waals surface area contributed by atoms with Gasteiger partial charge < -0.3 is 28.7 Å². The zero-order valence-electron chi connectivity index (χ0n) is 25.1. The van der Waals surface area contributed by atoms with Gasteiger partial charge in [0.1, 0.15) is 17.0 Å². The van der Waals surface area contributed by atoms with Crippen molar-refractivity contribution in [2.45, 2.75) is 40.2 Å². The van der Waals surface area contributed by atoms with Gasteiger partial charge in [-0.05, 0) is 37.5 Å². The van der Waals surface area contributed by atoms with E-state index in [-0.39, 0.29) is 0 Å². The first kappa shape index (κ1) is 29.5. The molecule has 218 valence electrons. The molecule has 1 aliphatic heterocycles. The minimum absolute atomic E-state index is 0.546. The lowest BCUT2D eigenvalue weighted by atomic mass is 10.0. The number of aromatic amines is 1. The van der Waals surface area contributed by atoms with Crippen LogP contribution in [0.15, 0.2) is 17.1 Å². The minimum Gasteiger partial charge on any atom is -0.493 e. The summed E-state index contributed by atoms with van der Waals surface area (Å²) in [4.78, 5) is 18.2. The monoisotopic (exact) mass is 553 g/mol. The maximum atomic E-state index is 5.78.